The summed E-state index contributed by atoms with van der Waals surface area (Å²) in [6, 6.07) is 11.0. The highest BCUT2D eigenvalue weighted by Crippen LogP contribution is 2.33. The molecule has 0 aliphatic heterocycles. The molecule has 2 aromatic rings. The van der Waals surface area contributed by atoms with Gasteiger partial charge in [-0.2, -0.15) is 13.2 Å². The number of aryl methyl sites for hydroxylation is 1. The SMILES string of the molecule is C#Cc1cc(-c2ccc(C)cc2)cc(C(F)(F)F)c1. The Morgan fingerprint density at radius 2 is 1.58 bits per heavy atom. The molecule has 2 rings (SSSR count). The Bertz CT molecular complexity index is 629. The quantitative estimate of drug-likeness (QED) is 0.654. The number of hydrogen-bond donors (Lipinski definition) is 0. The van der Waals surface area contributed by atoms with E-state index >= 15 is 0 Å². The first-order valence-corrected chi connectivity index (χ1v) is 5.66. The molecule has 2 aromatic carbocycles. The molecule has 0 aromatic heterocycles. The van der Waals surface area contributed by atoms with Crippen LogP contribution in [0.5, 0.6) is 0 Å². The third kappa shape index (κ3) is 2.97. The van der Waals surface area contributed by atoms with Gasteiger partial charge in [-0.3, -0.25) is 0 Å². The largest absolute Gasteiger partial charge is 0.416 e. The predicted octanol–water partition coefficient (Wildman–Crippen LogP) is 4.66. The first kappa shape index (κ1) is 13.2. The Labute approximate surface area is 109 Å². The summed E-state index contributed by atoms with van der Waals surface area (Å²) in [6.07, 6.45) is 0.819. The lowest BCUT2D eigenvalue weighted by molar-refractivity contribution is -0.137. The number of halogens is 3. The summed E-state index contributed by atoms with van der Waals surface area (Å²) in [5, 5.41) is 0. The smallest absolute Gasteiger partial charge is 0.166 e. The van der Waals surface area contributed by atoms with Gasteiger partial charge in [0.2, 0.25) is 0 Å². The van der Waals surface area contributed by atoms with E-state index in [9.17, 15) is 13.2 Å². The van der Waals surface area contributed by atoms with Gasteiger partial charge in [0, 0.05) is 5.56 Å². The zero-order valence-corrected chi connectivity index (χ0v) is 10.3. The van der Waals surface area contributed by atoms with Crippen molar-refractivity contribution in [2.24, 2.45) is 0 Å². The van der Waals surface area contributed by atoms with E-state index in [1.165, 1.54) is 0 Å². The van der Waals surface area contributed by atoms with Crippen LogP contribution < -0.4 is 0 Å². The van der Waals surface area contributed by atoms with Gasteiger partial charge in [-0.15, -0.1) is 6.42 Å². The van der Waals surface area contributed by atoms with Crippen molar-refractivity contribution < 1.29 is 13.2 Å². The normalized spacial score (nSPS) is 11.1. The molecule has 0 unspecified atom stereocenters. The Morgan fingerprint density at radius 3 is 2.11 bits per heavy atom. The van der Waals surface area contributed by atoms with E-state index in [-0.39, 0.29) is 5.56 Å². The van der Waals surface area contributed by atoms with Crippen molar-refractivity contribution in [3.05, 3.63) is 59.2 Å². The van der Waals surface area contributed by atoms with E-state index in [0.29, 0.717) is 11.1 Å². The zero-order valence-electron chi connectivity index (χ0n) is 10.3. The summed E-state index contributed by atoms with van der Waals surface area (Å²) in [5.41, 5.74) is 1.74. The van der Waals surface area contributed by atoms with Gasteiger partial charge in [0.1, 0.15) is 0 Å². The maximum atomic E-state index is 12.8. The van der Waals surface area contributed by atoms with Crippen LogP contribution in [0.2, 0.25) is 0 Å². The molecule has 19 heavy (non-hydrogen) atoms. The Morgan fingerprint density at radius 1 is 0.947 bits per heavy atom. The summed E-state index contributed by atoms with van der Waals surface area (Å²) in [7, 11) is 0. The van der Waals surface area contributed by atoms with Crippen LogP contribution in [0.3, 0.4) is 0 Å². The molecule has 0 spiro atoms. The molecule has 0 amide bonds. The minimum absolute atomic E-state index is 0.227. The molecular weight excluding hydrogens is 249 g/mol. The molecule has 96 valence electrons. The van der Waals surface area contributed by atoms with Crippen molar-refractivity contribution in [1.82, 2.24) is 0 Å². The third-order valence-corrected chi connectivity index (χ3v) is 2.81. The van der Waals surface area contributed by atoms with Gasteiger partial charge in [-0.05, 0) is 36.2 Å². The van der Waals surface area contributed by atoms with Crippen molar-refractivity contribution in [3.8, 4) is 23.5 Å². The van der Waals surface area contributed by atoms with Crippen LogP contribution in [0.25, 0.3) is 11.1 Å². The van der Waals surface area contributed by atoms with Crippen LogP contribution in [0, 0.1) is 19.3 Å². The number of alkyl halides is 3. The van der Waals surface area contributed by atoms with Gasteiger partial charge in [0.15, 0.2) is 0 Å². The van der Waals surface area contributed by atoms with E-state index < -0.39 is 11.7 Å². The minimum atomic E-state index is -4.40. The van der Waals surface area contributed by atoms with Crippen molar-refractivity contribution in [3.63, 3.8) is 0 Å². The van der Waals surface area contributed by atoms with Crippen molar-refractivity contribution >= 4 is 0 Å². The minimum Gasteiger partial charge on any atom is -0.166 e. The molecule has 0 bridgehead atoms. The van der Waals surface area contributed by atoms with E-state index in [1.54, 1.807) is 18.2 Å². The molecule has 0 radical (unpaired) electrons. The lowest BCUT2D eigenvalue weighted by atomic mass is 9.99. The van der Waals surface area contributed by atoms with Crippen LogP contribution in [0.1, 0.15) is 16.7 Å². The number of rotatable bonds is 1. The van der Waals surface area contributed by atoms with Gasteiger partial charge >= 0.3 is 6.18 Å². The second-order valence-electron chi connectivity index (χ2n) is 4.31. The monoisotopic (exact) mass is 260 g/mol. The first-order valence-electron chi connectivity index (χ1n) is 5.66. The molecule has 0 aliphatic carbocycles. The second-order valence-corrected chi connectivity index (χ2v) is 4.31. The van der Waals surface area contributed by atoms with Crippen molar-refractivity contribution in [1.29, 1.82) is 0 Å². The number of benzene rings is 2. The maximum Gasteiger partial charge on any atom is 0.416 e. The Kier molecular flexibility index (Phi) is 3.35. The summed E-state index contributed by atoms with van der Waals surface area (Å²) < 4.78 is 38.4. The van der Waals surface area contributed by atoms with Gasteiger partial charge < -0.3 is 0 Å². The molecule has 0 atom stereocenters. The summed E-state index contributed by atoms with van der Waals surface area (Å²) in [5.74, 6) is 2.26. The highest BCUT2D eigenvalue weighted by molar-refractivity contribution is 5.67. The molecule has 0 heterocycles. The van der Waals surface area contributed by atoms with Crippen LogP contribution in [-0.4, -0.2) is 0 Å². The molecule has 0 aliphatic rings. The molecule has 0 saturated heterocycles. The summed E-state index contributed by atoms with van der Waals surface area (Å²) in [4.78, 5) is 0. The van der Waals surface area contributed by atoms with Crippen molar-refractivity contribution in [2.75, 3.05) is 0 Å². The average Bonchev–Trinajstić information content (AvgIpc) is 2.38. The first-order chi connectivity index (χ1) is 8.90. The van der Waals surface area contributed by atoms with Gasteiger partial charge in [0.25, 0.3) is 0 Å². The van der Waals surface area contributed by atoms with Gasteiger partial charge in [-0.25, -0.2) is 0 Å². The zero-order chi connectivity index (χ0) is 14.0. The summed E-state index contributed by atoms with van der Waals surface area (Å²) in [6.45, 7) is 1.92. The van der Waals surface area contributed by atoms with Gasteiger partial charge in [0.05, 0.1) is 5.56 Å². The van der Waals surface area contributed by atoms with Crippen LogP contribution >= 0.6 is 0 Å². The highest BCUT2D eigenvalue weighted by atomic mass is 19.4. The van der Waals surface area contributed by atoms with Crippen molar-refractivity contribution in [2.45, 2.75) is 13.1 Å². The highest BCUT2D eigenvalue weighted by Gasteiger charge is 2.31. The predicted molar refractivity (Wildman–Crippen MR) is 69.6 cm³/mol. The number of terminal acetylenes is 1. The van der Waals surface area contributed by atoms with E-state index in [2.05, 4.69) is 5.92 Å². The van der Waals surface area contributed by atoms with Crippen LogP contribution in [0.15, 0.2) is 42.5 Å². The lowest BCUT2D eigenvalue weighted by Crippen LogP contribution is -2.05. The Hall–Kier alpha value is -2.21. The number of hydrogen-bond acceptors (Lipinski definition) is 0. The van der Waals surface area contributed by atoms with Crippen LogP contribution in [0.4, 0.5) is 13.2 Å². The fourth-order valence-electron chi connectivity index (χ4n) is 1.79. The standard InChI is InChI=1S/C16H11F3/c1-3-12-8-14(10-15(9-12)16(17,18)19)13-6-4-11(2)5-7-13/h1,4-10H,2H3. The van der Waals surface area contributed by atoms with E-state index in [0.717, 1.165) is 17.7 Å². The average molecular weight is 260 g/mol. The molecule has 0 N–H and O–H groups in total. The second kappa shape index (κ2) is 4.81. The molecule has 0 fully saturated rings. The molecular formula is C16H11F3. The molecule has 3 heteroatoms. The molecule has 0 saturated carbocycles. The summed E-state index contributed by atoms with van der Waals surface area (Å²) >= 11 is 0. The third-order valence-electron chi connectivity index (χ3n) is 2.81. The topological polar surface area (TPSA) is 0 Å². The van der Waals surface area contributed by atoms with Gasteiger partial charge in [-0.1, -0.05) is 35.7 Å². The van der Waals surface area contributed by atoms with E-state index in [1.807, 2.05) is 19.1 Å². The maximum absolute atomic E-state index is 12.8. The van der Waals surface area contributed by atoms with E-state index in [4.69, 9.17) is 6.42 Å². The Balaban J connectivity index is 2.58. The molecule has 0 nitrogen and oxygen atoms in total. The fourth-order valence-corrected chi connectivity index (χ4v) is 1.79. The van der Waals surface area contributed by atoms with Crippen LogP contribution in [-0.2, 0) is 6.18 Å². The fraction of sp³-hybridized carbons (Fsp3) is 0.125. The lowest BCUT2D eigenvalue weighted by Gasteiger charge is -2.10.